The number of carbonyl (C=O) groups is 1. The molecule has 3 N–H and O–H groups in total. The van der Waals surface area contributed by atoms with Gasteiger partial charge in [-0.2, -0.15) is 10.2 Å². The fraction of sp³-hybridized carbons (Fsp3) is 0.0588. The molecule has 0 aliphatic carbocycles. The van der Waals surface area contributed by atoms with Gasteiger partial charge >= 0.3 is 0 Å². The Morgan fingerprint density at radius 1 is 1.04 bits per heavy atom. The number of nitrogens with one attached hydrogen (secondary N) is 3. The fourth-order valence-corrected chi connectivity index (χ4v) is 2.62. The number of H-pyrrole nitrogens is 2. The largest absolute Gasteiger partial charge is 0.303 e. The molecule has 0 aliphatic rings. The fourth-order valence-electron chi connectivity index (χ4n) is 2.62. The molecule has 0 aliphatic heterocycles. The van der Waals surface area contributed by atoms with E-state index in [1.54, 1.807) is 12.4 Å². The molecule has 0 spiro atoms. The lowest BCUT2D eigenvalue weighted by Crippen LogP contribution is -2.13. The van der Waals surface area contributed by atoms with Gasteiger partial charge in [-0.25, -0.2) is 0 Å². The van der Waals surface area contributed by atoms with E-state index in [4.69, 9.17) is 0 Å². The molecule has 4 rings (SSSR count). The SMILES string of the molecule is Cc1c(NC(=O)c2n[nH]c3ccccc23)n[nH]c1-c1ccncc1. The molecule has 1 aromatic carbocycles. The van der Waals surface area contributed by atoms with Crippen molar-refractivity contribution >= 4 is 22.6 Å². The average molecular weight is 318 g/mol. The molecule has 0 fully saturated rings. The number of hydrogen-bond acceptors (Lipinski definition) is 4. The highest BCUT2D eigenvalue weighted by atomic mass is 16.2. The van der Waals surface area contributed by atoms with Crippen LogP contribution in [0, 0.1) is 6.92 Å². The Morgan fingerprint density at radius 2 is 1.83 bits per heavy atom. The van der Waals surface area contributed by atoms with E-state index in [0.717, 1.165) is 27.7 Å². The third kappa shape index (κ3) is 2.32. The first-order chi connectivity index (χ1) is 11.7. The number of nitrogens with zero attached hydrogens (tertiary/aromatic N) is 3. The molecule has 0 atom stereocenters. The number of fused-ring (bicyclic) bond motifs is 1. The number of amides is 1. The maximum atomic E-state index is 12.5. The predicted octanol–water partition coefficient (Wildman–Crippen LogP) is 2.91. The molecule has 118 valence electrons. The zero-order valence-electron chi connectivity index (χ0n) is 12.9. The second-order valence-corrected chi connectivity index (χ2v) is 5.38. The summed E-state index contributed by atoms with van der Waals surface area (Å²) in [6, 6.07) is 11.3. The zero-order valence-corrected chi connectivity index (χ0v) is 12.9. The molecule has 3 heterocycles. The molecule has 0 radical (unpaired) electrons. The molecule has 4 aromatic rings. The van der Waals surface area contributed by atoms with Gasteiger partial charge in [-0.15, -0.1) is 0 Å². The van der Waals surface area contributed by atoms with E-state index < -0.39 is 0 Å². The predicted molar refractivity (Wildman–Crippen MR) is 90.6 cm³/mol. The van der Waals surface area contributed by atoms with E-state index in [1.165, 1.54) is 0 Å². The number of aromatic nitrogens is 5. The van der Waals surface area contributed by atoms with Gasteiger partial charge in [0.1, 0.15) is 0 Å². The molecule has 0 saturated carbocycles. The van der Waals surface area contributed by atoms with Gasteiger partial charge in [0.2, 0.25) is 0 Å². The smallest absolute Gasteiger partial charge is 0.278 e. The Hall–Kier alpha value is -3.48. The number of benzene rings is 1. The van der Waals surface area contributed by atoms with Crippen LogP contribution in [-0.4, -0.2) is 31.3 Å². The van der Waals surface area contributed by atoms with E-state index in [2.05, 4.69) is 30.7 Å². The van der Waals surface area contributed by atoms with Crippen molar-refractivity contribution in [3.05, 3.63) is 60.0 Å². The van der Waals surface area contributed by atoms with Gasteiger partial charge in [0.05, 0.1) is 11.2 Å². The molecular formula is C17H14N6O. The van der Waals surface area contributed by atoms with Crippen molar-refractivity contribution in [2.45, 2.75) is 6.92 Å². The van der Waals surface area contributed by atoms with Gasteiger partial charge in [-0.3, -0.25) is 20.0 Å². The van der Waals surface area contributed by atoms with Crippen LogP contribution in [0.25, 0.3) is 22.2 Å². The number of anilines is 1. The minimum absolute atomic E-state index is 0.302. The monoisotopic (exact) mass is 318 g/mol. The number of rotatable bonds is 3. The maximum absolute atomic E-state index is 12.5. The Bertz CT molecular complexity index is 1020. The lowest BCUT2D eigenvalue weighted by Gasteiger charge is -2.02. The van der Waals surface area contributed by atoms with E-state index in [1.807, 2.05) is 43.3 Å². The van der Waals surface area contributed by atoms with Crippen LogP contribution < -0.4 is 5.32 Å². The topological polar surface area (TPSA) is 99.4 Å². The minimum Gasteiger partial charge on any atom is -0.303 e. The zero-order chi connectivity index (χ0) is 16.5. The molecule has 7 nitrogen and oxygen atoms in total. The van der Waals surface area contributed by atoms with Crippen molar-refractivity contribution in [2.75, 3.05) is 5.32 Å². The summed E-state index contributed by atoms with van der Waals surface area (Å²) in [6.07, 6.45) is 3.42. The van der Waals surface area contributed by atoms with Gasteiger partial charge in [-0.1, -0.05) is 18.2 Å². The van der Waals surface area contributed by atoms with Crippen molar-refractivity contribution in [1.29, 1.82) is 0 Å². The van der Waals surface area contributed by atoms with Crippen molar-refractivity contribution in [1.82, 2.24) is 25.4 Å². The van der Waals surface area contributed by atoms with Crippen LogP contribution in [0.5, 0.6) is 0 Å². The third-order valence-corrected chi connectivity index (χ3v) is 3.90. The average Bonchev–Trinajstić information content (AvgIpc) is 3.20. The molecular weight excluding hydrogens is 304 g/mol. The van der Waals surface area contributed by atoms with Gasteiger partial charge in [0.15, 0.2) is 11.5 Å². The molecule has 3 aromatic heterocycles. The molecule has 0 unspecified atom stereocenters. The van der Waals surface area contributed by atoms with E-state index in [0.29, 0.717) is 11.5 Å². The summed E-state index contributed by atoms with van der Waals surface area (Å²) in [5.74, 6) is 0.183. The van der Waals surface area contributed by atoms with Crippen LogP contribution in [0.2, 0.25) is 0 Å². The van der Waals surface area contributed by atoms with Crippen molar-refractivity contribution in [2.24, 2.45) is 0 Å². The summed E-state index contributed by atoms with van der Waals surface area (Å²) < 4.78 is 0. The highest BCUT2D eigenvalue weighted by molar-refractivity contribution is 6.11. The Kier molecular flexibility index (Phi) is 3.31. The van der Waals surface area contributed by atoms with Crippen molar-refractivity contribution in [3.8, 4) is 11.3 Å². The standard InChI is InChI=1S/C17H14N6O/c1-10-14(11-6-8-18-9-7-11)21-23-16(10)19-17(24)15-12-4-2-3-5-13(12)20-22-15/h2-9H,1H3,(H,20,22)(H2,19,21,23,24). The first-order valence-corrected chi connectivity index (χ1v) is 7.44. The second-order valence-electron chi connectivity index (χ2n) is 5.38. The Labute approximate surface area is 137 Å². The van der Waals surface area contributed by atoms with Crippen LogP contribution >= 0.6 is 0 Å². The first kappa shape index (κ1) is 14.1. The van der Waals surface area contributed by atoms with E-state index in [-0.39, 0.29) is 5.91 Å². The minimum atomic E-state index is -0.302. The Morgan fingerprint density at radius 3 is 2.67 bits per heavy atom. The molecule has 0 bridgehead atoms. The Balaban J connectivity index is 1.64. The lowest BCUT2D eigenvalue weighted by atomic mass is 10.1. The molecule has 1 amide bonds. The number of aromatic amines is 2. The van der Waals surface area contributed by atoms with Crippen LogP contribution in [0.3, 0.4) is 0 Å². The number of hydrogen-bond donors (Lipinski definition) is 3. The summed E-state index contributed by atoms with van der Waals surface area (Å²) in [4.78, 5) is 16.5. The second kappa shape index (κ2) is 5.62. The first-order valence-electron chi connectivity index (χ1n) is 7.44. The number of para-hydroxylation sites is 1. The van der Waals surface area contributed by atoms with Gasteiger partial charge < -0.3 is 5.32 Å². The summed E-state index contributed by atoms with van der Waals surface area (Å²) in [5, 5.41) is 17.7. The molecule has 0 saturated heterocycles. The molecule has 24 heavy (non-hydrogen) atoms. The number of carbonyl (C=O) groups excluding carboxylic acids is 1. The van der Waals surface area contributed by atoms with Crippen LogP contribution in [0.15, 0.2) is 48.8 Å². The summed E-state index contributed by atoms with van der Waals surface area (Å²) in [6.45, 7) is 1.90. The summed E-state index contributed by atoms with van der Waals surface area (Å²) in [7, 11) is 0. The summed E-state index contributed by atoms with van der Waals surface area (Å²) >= 11 is 0. The van der Waals surface area contributed by atoms with E-state index in [9.17, 15) is 4.79 Å². The van der Waals surface area contributed by atoms with E-state index >= 15 is 0 Å². The normalized spacial score (nSPS) is 10.9. The highest BCUT2D eigenvalue weighted by Gasteiger charge is 2.17. The highest BCUT2D eigenvalue weighted by Crippen LogP contribution is 2.26. The lowest BCUT2D eigenvalue weighted by molar-refractivity contribution is 0.102. The summed E-state index contributed by atoms with van der Waals surface area (Å²) in [5.41, 5.74) is 3.83. The quantitative estimate of drug-likeness (QED) is 0.541. The van der Waals surface area contributed by atoms with Crippen molar-refractivity contribution in [3.63, 3.8) is 0 Å². The van der Waals surface area contributed by atoms with Gasteiger partial charge in [0.25, 0.3) is 5.91 Å². The van der Waals surface area contributed by atoms with Gasteiger partial charge in [-0.05, 0) is 25.1 Å². The number of pyridine rings is 1. The third-order valence-electron chi connectivity index (χ3n) is 3.90. The van der Waals surface area contributed by atoms with Crippen LogP contribution in [0.1, 0.15) is 16.1 Å². The van der Waals surface area contributed by atoms with Crippen LogP contribution in [-0.2, 0) is 0 Å². The molecule has 7 heteroatoms. The van der Waals surface area contributed by atoms with Crippen LogP contribution in [0.4, 0.5) is 5.82 Å². The van der Waals surface area contributed by atoms with Gasteiger partial charge in [0, 0.05) is 28.9 Å². The maximum Gasteiger partial charge on any atom is 0.278 e. The van der Waals surface area contributed by atoms with Crippen molar-refractivity contribution < 1.29 is 4.79 Å².